The maximum Gasteiger partial charge on any atom is 0.171 e. The second-order valence-electron chi connectivity index (χ2n) is 4.19. The number of halogens is 3. The molecule has 0 aliphatic heterocycles. The molecule has 0 atom stereocenters. The van der Waals surface area contributed by atoms with Gasteiger partial charge in [0.05, 0.1) is 22.2 Å². The van der Waals surface area contributed by atoms with E-state index in [9.17, 15) is 4.39 Å². The summed E-state index contributed by atoms with van der Waals surface area (Å²) in [5.74, 6) is -0.0724. The first-order chi connectivity index (χ1) is 9.60. The van der Waals surface area contributed by atoms with Crippen molar-refractivity contribution in [2.24, 2.45) is 0 Å². The van der Waals surface area contributed by atoms with Crippen molar-refractivity contribution in [3.63, 3.8) is 0 Å². The molecule has 0 aliphatic carbocycles. The molecule has 102 valence electrons. The molecule has 3 rings (SSSR count). The molecule has 3 aromatic rings. The van der Waals surface area contributed by atoms with E-state index in [2.05, 4.69) is 10.2 Å². The predicted octanol–water partition coefficient (Wildman–Crippen LogP) is 3.33. The highest BCUT2D eigenvalue weighted by Gasteiger charge is 2.16. The first-order valence-electron chi connectivity index (χ1n) is 5.69. The lowest BCUT2D eigenvalue weighted by atomic mass is 10.1. The lowest BCUT2D eigenvalue weighted by molar-refractivity contribution is 0.282. The van der Waals surface area contributed by atoms with Crippen LogP contribution in [0, 0.1) is 5.82 Å². The van der Waals surface area contributed by atoms with Crippen molar-refractivity contribution in [2.75, 3.05) is 0 Å². The summed E-state index contributed by atoms with van der Waals surface area (Å²) < 4.78 is 14.8. The van der Waals surface area contributed by atoms with Gasteiger partial charge in [0.25, 0.3) is 0 Å². The topological polar surface area (TPSA) is 50.4 Å². The van der Waals surface area contributed by atoms with Crippen LogP contribution in [0.2, 0.25) is 10.0 Å². The van der Waals surface area contributed by atoms with E-state index in [4.69, 9.17) is 28.3 Å². The molecule has 7 heteroatoms. The zero-order valence-electron chi connectivity index (χ0n) is 10.0. The molecule has 0 saturated carbocycles. The number of pyridine rings is 1. The Kier molecular flexibility index (Phi) is 3.33. The Morgan fingerprint density at radius 3 is 2.50 bits per heavy atom. The second kappa shape index (κ2) is 5.01. The van der Waals surface area contributed by atoms with Gasteiger partial charge in [-0.15, -0.1) is 10.2 Å². The summed E-state index contributed by atoms with van der Waals surface area (Å²) >= 11 is 12.3. The third kappa shape index (κ3) is 2.14. The minimum absolute atomic E-state index is 0.172. The van der Waals surface area contributed by atoms with Gasteiger partial charge in [-0.3, -0.25) is 4.40 Å². The normalized spacial score (nSPS) is 11.2. The van der Waals surface area contributed by atoms with Crippen LogP contribution in [0.1, 0.15) is 5.56 Å². The van der Waals surface area contributed by atoms with Gasteiger partial charge in [0.15, 0.2) is 11.5 Å². The molecule has 0 radical (unpaired) electrons. The SMILES string of the molecule is OCc1cc(Cl)c(-c2nnc3ccc(F)cn23)c(Cl)c1. The van der Waals surface area contributed by atoms with Crippen molar-refractivity contribution in [1.82, 2.24) is 14.6 Å². The number of fused-ring (bicyclic) bond motifs is 1. The second-order valence-corrected chi connectivity index (χ2v) is 5.01. The Bertz CT molecular complexity index is 780. The number of aromatic nitrogens is 3. The van der Waals surface area contributed by atoms with Gasteiger partial charge < -0.3 is 5.11 Å². The number of aliphatic hydroxyl groups is 1. The summed E-state index contributed by atoms with van der Waals surface area (Å²) in [4.78, 5) is 0. The molecule has 0 aliphatic rings. The standard InChI is InChI=1S/C13H8Cl2FN3O/c14-9-3-7(6-20)4-10(15)12(9)13-18-17-11-2-1-8(16)5-19(11)13/h1-5,20H,6H2. The Hall–Kier alpha value is -1.69. The third-order valence-corrected chi connectivity index (χ3v) is 3.47. The zero-order chi connectivity index (χ0) is 14.3. The minimum Gasteiger partial charge on any atom is -0.392 e. The van der Waals surface area contributed by atoms with Gasteiger partial charge >= 0.3 is 0 Å². The number of hydrogen-bond donors (Lipinski definition) is 1. The fourth-order valence-electron chi connectivity index (χ4n) is 1.97. The molecular weight excluding hydrogens is 304 g/mol. The van der Waals surface area contributed by atoms with E-state index >= 15 is 0 Å². The molecule has 0 amide bonds. The Labute approximate surface area is 123 Å². The number of rotatable bonds is 2. The van der Waals surface area contributed by atoms with Gasteiger partial charge in [0, 0.05) is 6.20 Å². The maximum atomic E-state index is 13.4. The summed E-state index contributed by atoms with van der Waals surface area (Å²) in [5.41, 5.74) is 1.52. The Morgan fingerprint density at radius 2 is 1.85 bits per heavy atom. The van der Waals surface area contributed by atoms with Gasteiger partial charge in [-0.05, 0) is 29.8 Å². The first-order valence-corrected chi connectivity index (χ1v) is 6.45. The zero-order valence-corrected chi connectivity index (χ0v) is 11.5. The van der Waals surface area contributed by atoms with Crippen LogP contribution < -0.4 is 0 Å². The monoisotopic (exact) mass is 311 g/mol. The summed E-state index contributed by atoms with van der Waals surface area (Å²) in [7, 11) is 0. The van der Waals surface area contributed by atoms with E-state index in [1.54, 1.807) is 12.1 Å². The lowest BCUT2D eigenvalue weighted by Crippen LogP contribution is -1.94. The maximum absolute atomic E-state index is 13.4. The fraction of sp³-hybridized carbons (Fsp3) is 0.0769. The van der Waals surface area contributed by atoms with E-state index in [-0.39, 0.29) is 6.61 Å². The van der Waals surface area contributed by atoms with Crippen LogP contribution in [0.5, 0.6) is 0 Å². The minimum atomic E-state index is -0.419. The van der Waals surface area contributed by atoms with Crippen LogP contribution in [0.15, 0.2) is 30.5 Å². The number of hydrogen-bond acceptors (Lipinski definition) is 3. The molecule has 2 aromatic heterocycles. The molecular formula is C13H8Cl2FN3O. The van der Waals surface area contributed by atoms with Crippen LogP contribution in [0.25, 0.3) is 17.0 Å². The highest BCUT2D eigenvalue weighted by molar-refractivity contribution is 6.39. The van der Waals surface area contributed by atoms with Crippen LogP contribution in [0.4, 0.5) is 4.39 Å². The Morgan fingerprint density at radius 1 is 1.15 bits per heavy atom. The molecule has 1 aromatic carbocycles. The predicted molar refractivity (Wildman–Crippen MR) is 74.3 cm³/mol. The average Bonchev–Trinajstić information content (AvgIpc) is 2.81. The molecule has 1 N–H and O–H groups in total. The van der Waals surface area contributed by atoms with Crippen molar-refractivity contribution in [3.8, 4) is 11.4 Å². The molecule has 0 bridgehead atoms. The molecule has 4 nitrogen and oxygen atoms in total. The van der Waals surface area contributed by atoms with Crippen LogP contribution >= 0.6 is 23.2 Å². The van der Waals surface area contributed by atoms with Crippen molar-refractivity contribution >= 4 is 28.8 Å². The number of benzene rings is 1. The van der Waals surface area contributed by atoms with Gasteiger partial charge in [-0.2, -0.15) is 0 Å². The summed E-state index contributed by atoms with van der Waals surface area (Å²) in [6, 6.07) is 5.98. The van der Waals surface area contributed by atoms with Gasteiger partial charge in [-0.25, -0.2) is 4.39 Å². The smallest absolute Gasteiger partial charge is 0.171 e. The summed E-state index contributed by atoms with van der Waals surface area (Å²) in [6.45, 7) is -0.172. The third-order valence-electron chi connectivity index (χ3n) is 2.87. The number of nitrogens with zero attached hydrogens (tertiary/aromatic N) is 3. The van der Waals surface area contributed by atoms with Crippen LogP contribution in [-0.2, 0) is 6.61 Å². The molecule has 2 heterocycles. The van der Waals surface area contributed by atoms with Crippen LogP contribution in [-0.4, -0.2) is 19.7 Å². The van der Waals surface area contributed by atoms with Crippen molar-refractivity contribution < 1.29 is 9.50 Å². The largest absolute Gasteiger partial charge is 0.392 e. The van der Waals surface area contributed by atoms with E-state index in [0.717, 1.165) is 0 Å². The molecule has 0 spiro atoms. The summed E-state index contributed by atoms with van der Waals surface area (Å²) in [5, 5.41) is 17.7. The number of aliphatic hydroxyl groups excluding tert-OH is 1. The quantitative estimate of drug-likeness (QED) is 0.789. The molecule has 0 fully saturated rings. The molecule has 0 saturated heterocycles. The van der Waals surface area contributed by atoms with Gasteiger partial charge in [0.2, 0.25) is 0 Å². The highest BCUT2D eigenvalue weighted by Crippen LogP contribution is 2.35. The highest BCUT2D eigenvalue weighted by atomic mass is 35.5. The van der Waals surface area contributed by atoms with Crippen molar-refractivity contribution in [1.29, 1.82) is 0 Å². The van der Waals surface area contributed by atoms with E-state index < -0.39 is 5.82 Å². The lowest BCUT2D eigenvalue weighted by Gasteiger charge is -2.07. The van der Waals surface area contributed by atoms with Gasteiger partial charge in [-0.1, -0.05) is 23.2 Å². The van der Waals surface area contributed by atoms with Gasteiger partial charge in [0.1, 0.15) is 5.82 Å². The van der Waals surface area contributed by atoms with E-state index in [1.807, 2.05) is 0 Å². The Balaban J connectivity index is 2.28. The fourth-order valence-corrected chi connectivity index (χ4v) is 2.67. The van der Waals surface area contributed by atoms with Crippen molar-refractivity contribution in [3.05, 3.63) is 51.9 Å². The van der Waals surface area contributed by atoms with E-state index in [1.165, 1.54) is 22.7 Å². The molecule has 0 unspecified atom stereocenters. The van der Waals surface area contributed by atoms with E-state index in [0.29, 0.717) is 32.6 Å². The summed E-state index contributed by atoms with van der Waals surface area (Å²) in [6.07, 6.45) is 1.26. The van der Waals surface area contributed by atoms with Crippen LogP contribution in [0.3, 0.4) is 0 Å². The molecule has 20 heavy (non-hydrogen) atoms. The van der Waals surface area contributed by atoms with Crippen molar-refractivity contribution in [2.45, 2.75) is 6.61 Å². The first kappa shape index (κ1) is 13.3. The average molecular weight is 312 g/mol.